The third-order valence-corrected chi connectivity index (χ3v) is 8.31. The minimum atomic E-state index is -4.80. The van der Waals surface area contributed by atoms with Gasteiger partial charge < -0.3 is 30.2 Å². The summed E-state index contributed by atoms with van der Waals surface area (Å²) in [6.45, 7) is 6.17. The molecule has 2 aliphatic heterocycles. The smallest absolute Gasteiger partial charge is 0.429 e. The fraction of sp³-hybridized carbons (Fsp3) is 0.452. The maximum atomic E-state index is 14.6. The van der Waals surface area contributed by atoms with Gasteiger partial charge in [0.25, 0.3) is 0 Å². The number of ether oxygens (including phenoxy) is 3. The molecule has 0 bridgehead atoms. The molecule has 44 heavy (non-hydrogen) atoms. The van der Waals surface area contributed by atoms with E-state index in [4.69, 9.17) is 31.5 Å². The van der Waals surface area contributed by atoms with Crippen LogP contribution in [0.2, 0.25) is 5.02 Å². The van der Waals surface area contributed by atoms with Crippen molar-refractivity contribution >= 4 is 29.3 Å². The van der Waals surface area contributed by atoms with Crippen molar-refractivity contribution in [3.8, 4) is 22.8 Å². The minimum absolute atomic E-state index is 0.0718. The number of nitrogens with two attached hydrogens (primary N) is 1. The van der Waals surface area contributed by atoms with Crippen LogP contribution in [0.25, 0.3) is 11.1 Å². The van der Waals surface area contributed by atoms with E-state index < -0.39 is 12.3 Å². The van der Waals surface area contributed by atoms with Crippen LogP contribution in [-0.2, 0) is 9.53 Å². The van der Waals surface area contributed by atoms with Gasteiger partial charge in [-0.15, -0.1) is 0 Å². The highest BCUT2D eigenvalue weighted by molar-refractivity contribution is 6.30. The number of carbonyl (C=O) groups excluding carboxylic acids is 1. The van der Waals surface area contributed by atoms with E-state index in [-0.39, 0.29) is 45.4 Å². The molecule has 5 rings (SSSR count). The number of hydrogen-bond acceptors (Lipinski definition) is 9. The van der Waals surface area contributed by atoms with E-state index in [1.165, 1.54) is 24.3 Å². The number of aromatic nitrogens is 2. The van der Waals surface area contributed by atoms with Crippen molar-refractivity contribution in [1.29, 1.82) is 0 Å². The van der Waals surface area contributed by atoms with Gasteiger partial charge in [-0.3, -0.25) is 4.79 Å². The van der Waals surface area contributed by atoms with Crippen molar-refractivity contribution in [1.82, 2.24) is 15.3 Å². The van der Waals surface area contributed by atoms with Crippen LogP contribution in [0.4, 0.5) is 24.9 Å². The number of nitrogen functional groups attached to an aromatic ring is 1. The van der Waals surface area contributed by atoms with Crippen molar-refractivity contribution in [3.05, 3.63) is 59.1 Å². The number of carbonyl (C=O) groups is 1. The fourth-order valence-electron chi connectivity index (χ4n) is 5.92. The summed E-state index contributed by atoms with van der Waals surface area (Å²) in [5.74, 6) is 0.134. The van der Waals surface area contributed by atoms with Crippen molar-refractivity contribution < 1.29 is 32.2 Å². The second-order valence-electron chi connectivity index (χ2n) is 11.0. The van der Waals surface area contributed by atoms with Crippen LogP contribution in [0, 0.1) is 5.41 Å². The lowest BCUT2D eigenvalue weighted by Crippen LogP contribution is -2.41. The third kappa shape index (κ3) is 7.13. The molecule has 0 amide bonds. The Morgan fingerprint density at radius 1 is 1.14 bits per heavy atom. The molecule has 2 aromatic carbocycles. The maximum Gasteiger partial charge on any atom is 0.429 e. The van der Waals surface area contributed by atoms with E-state index in [1.807, 2.05) is 11.8 Å². The average Bonchev–Trinajstić information content (AvgIpc) is 3.39. The average molecular weight is 634 g/mol. The lowest BCUT2D eigenvalue weighted by atomic mass is 9.76. The number of alkyl halides is 3. The summed E-state index contributed by atoms with van der Waals surface area (Å²) < 4.78 is 60.2. The Labute approximate surface area is 258 Å². The SMILES string of the molecule is CCOC(=O)[C@@H]1CC2(CCN(c3cc(O[C@H](c4ccc(Cl)cc4-c4cccc(OCC)c4)C(F)(F)F)nc(N)n3)CC2)CN1. The predicted molar refractivity (Wildman–Crippen MR) is 161 cm³/mol. The molecule has 0 unspecified atom stereocenters. The predicted octanol–water partition coefficient (Wildman–Crippen LogP) is 5.97. The van der Waals surface area contributed by atoms with Crippen molar-refractivity contribution in [2.75, 3.05) is 43.5 Å². The first-order valence-corrected chi connectivity index (χ1v) is 14.9. The van der Waals surface area contributed by atoms with Crippen LogP contribution in [0.3, 0.4) is 0 Å². The summed E-state index contributed by atoms with van der Waals surface area (Å²) >= 11 is 6.23. The zero-order valence-electron chi connectivity index (χ0n) is 24.5. The lowest BCUT2D eigenvalue weighted by molar-refractivity contribution is -0.198. The van der Waals surface area contributed by atoms with E-state index in [1.54, 1.807) is 31.2 Å². The monoisotopic (exact) mass is 633 g/mol. The molecule has 3 heterocycles. The molecule has 2 fully saturated rings. The third-order valence-electron chi connectivity index (χ3n) is 8.08. The molecular formula is C31H35ClF3N5O4. The number of halogens is 4. The van der Waals surface area contributed by atoms with Gasteiger partial charge in [0.05, 0.1) is 13.2 Å². The molecule has 0 saturated carbocycles. The fourth-order valence-corrected chi connectivity index (χ4v) is 6.10. The molecule has 236 valence electrons. The largest absolute Gasteiger partial charge is 0.494 e. The number of nitrogens with one attached hydrogen (secondary N) is 1. The molecule has 1 spiro atoms. The van der Waals surface area contributed by atoms with Gasteiger partial charge in [0.2, 0.25) is 17.9 Å². The summed E-state index contributed by atoms with van der Waals surface area (Å²) in [5, 5.41) is 3.55. The van der Waals surface area contributed by atoms with Crippen LogP contribution in [0.1, 0.15) is 44.8 Å². The van der Waals surface area contributed by atoms with Gasteiger partial charge in [0.1, 0.15) is 17.6 Å². The quantitative estimate of drug-likeness (QED) is 0.275. The van der Waals surface area contributed by atoms with Crippen molar-refractivity contribution in [2.45, 2.75) is 51.4 Å². The Kier molecular flexibility index (Phi) is 9.40. The Balaban J connectivity index is 1.38. The second kappa shape index (κ2) is 13.1. The highest BCUT2D eigenvalue weighted by atomic mass is 35.5. The molecule has 3 N–H and O–H groups in total. The zero-order chi connectivity index (χ0) is 31.5. The van der Waals surface area contributed by atoms with E-state index >= 15 is 0 Å². The molecule has 3 aromatic rings. The molecule has 2 aliphatic rings. The standard InChI is InChI=1S/C31H35ClF3N5O4/c1-3-42-21-7-5-6-19(14-21)23-15-20(32)8-9-22(23)27(31(33,34)35)44-26-16-25(38-29(36)39-26)40-12-10-30(11-13-40)17-24(37-18-30)28(41)43-4-2/h5-9,14-16,24,27,37H,3-4,10-13,17-18H2,1-2H3,(H2,36,38,39)/t24-,27+/m0/s1. The number of piperidine rings is 1. The van der Waals surface area contributed by atoms with E-state index in [9.17, 15) is 18.0 Å². The lowest BCUT2D eigenvalue weighted by Gasteiger charge is -2.39. The summed E-state index contributed by atoms with van der Waals surface area (Å²) in [4.78, 5) is 22.5. The number of hydrogen-bond donors (Lipinski definition) is 2. The first kappa shape index (κ1) is 31.6. The number of esters is 1. The summed E-state index contributed by atoms with van der Waals surface area (Å²) in [5.41, 5.74) is 6.49. The Morgan fingerprint density at radius 2 is 1.91 bits per heavy atom. The van der Waals surface area contributed by atoms with Crippen LogP contribution in [0.5, 0.6) is 11.6 Å². The molecule has 2 atom stereocenters. The first-order chi connectivity index (χ1) is 21.0. The van der Waals surface area contributed by atoms with Crippen LogP contribution >= 0.6 is 11.6 Å². The Hall–Kier alpha value is -3.77. The summed E-state index contributed by atoms with van der Waals surface area (Å²) in [6, 6.07) is 12.0. The maximum absolute atomic E-state index is 14.6. The molecule has 9 nitrogen and oxygen atoms in total. The van der Waals surface area contributed by atoms with E-state index in [0.29, 0.717) is 56.4 Å². The second-order valence-corrected chi connectivity index (χ2v) is 11.5. The van der Waals surface area contributed by atoms with Gasteiger partial charge in [-0.1, -0.05) is 29.8 Å². The molecule has 1 aromatic heterocycles. The van der Waals surface area contributed by atoms with Crippen LogP contribution < -0.4 is 25.4 Å². The minimum Gasteiger partial charge on any atom is -0.494 e. The van der Waals surface area contributed by atoms with Gasteiger partial charge in [-0.2, -0.15) is 23.1 Å². The van der Waals surface area contributed by atoms with Crippen LogP contribution in [0.15, 0.2) is 48.5 Å². The highest BCUT2D eigenvalue weighted by Crippen LogP contribution is 2.44. The van der Waals surface area contributed by atoms with E-state index in [2.05, 4.69) is 15.3 Å². The number of benzene rings is 2. The molecule has 2 saturated heterocycles. The van der Waals surface area contributed by atoms with Gasteiger partial charge in [-0.25, -0.2) is 0 Å². The van der Waals surface area contributed by atoms with Crippen LogP contribution in [-0.4, -0.2) is 61.0 Å². The first-order valence-electron chi connectivity index (χ1n) is 14.6. The highest BCUT2D eigenvalue weighted by Gasteiger charge is 2.46. The Bertz CT molecular complexity index is 1480. The van der Waals surface area contributed by atoms with Gasteiger partial charge >= 0.3 is 12.1 Å². The van der Waals surface area contributed by atoms with Gasteiger partial charge in [0.15, 0.2) is 0 Å². The van der Waals surface area contributed by atoms with Crippen molar-refractivity contribution in [2.24, 2.45) is 5.41 Å². The van der Waals surface area contributed by atoms with Crippen molar-refractivity contribution in [3.63, 3.8) is 0 Å². The topological polar surface area (TPSA) is 112 Å². The summed E-state index contributed by atoms with van der Waals surface area (Å²) in [6.07, 6.45) is -4.99. The molecular weight excluding hydrogens is 599 g/mol. The van der Waals surface area contributed by atoms with E-state index in [0.717, 1.165) is 12.8 Å². The van der Waals surface area contributed by atoms with Gasteiger partial charge in [-0.05, 0) is 73.9 Å². The summed E-state index contributed by atoms with van der Waals surface area (Å²) in [7, 11) is 0. The number of nitrogens with zero attached hydrogens (tertiary/aromatic N) is 3. The Morgan fingerprint density at radius 3 is 2.61 bits per heavy atom. The molecule has 13 heteroatoms. The van der Waals surface area contributed by atoms with Gasteiger partial charge in [0, 0.05) is 36.3 Å². The molecule has 0 aliphatic carbocycles. The number of rotatable bonds is 9. The molecule has 0 radical (unpaired) electrons. The normalized spacial score (nSPS) is 18.7. The zero-order valence-corrected chi connectivity index (χ0v) is 25.3. The number of anilines is 2.